The number of hydrogen-bond acceptors (Lipinski definition) is 4. The Morgan fingerprint density at radius 2 is 2.00 bits per heavy atom. The summed E-state index contributed by atoms with van der Waals surface area (Å²) in [5.74, 6) is 0.731. The molecule has 0 spiro atoms. The van der Waals surface area contributed by atoms with Crippen LogP contribution in [-0.4, -0.2) is 37.6 Å². The van der Waals surface area contributed by atoms with Crippen molar-refractivity contribution >= 4 is 0 Å². The predicted molar refractivity (Wildman–Crippen MR) is 81.6 cm³/mol. The van der Waals surface area contributed by atoms with Crippen molar-refractivity contribution in [2.24, 2.45) is 0 Å². The van der Waals surface area contributed by atoms with E-state index in [0.29, 0.717) is 13.2 Å². The third kappa shape index (κ3) is 4.70. The zero-order valence-corrected chi connectivity index (χ0v) is 13.0. The Hall–Kier alpha value is -1.10. The van der Waals surface area contributed by atoms with Gasteiger partial charge in [-0.1, -0.05) is 18.2 Å². The number of hydrogen-bond donors (Lipinski definition) is 1. The third-order valence-electron chi connectivity index (χ3n) is 3.98. The highest BCUT2D eigenvalue weighted by Crippen LogP contribution is 2.28. The lowest BCUT2D eigenvalue weighted by atomic mass is 9.95. The quantitative estimate of drug-likeness (QED) is 0.839. The van der Waals surface area contributed by atoms with Crippen molar-refractivity contribution in [2.45, 2.75) is 50.9 Å². The minimum atomic E-state index is -0.657. The maximum atomic E-state index is 10.3. The zero-order chi connectivity index (χ0) is 15.1. The highest BCUT2D eigenvalue weighted by Gasteiger charge is 2.23. The molecular weight excluding hydrogens is 268 g/mol. The molecule has 1 aromatic rings. The first-order valence-electron chi connectivity index (χ1n) is 7.78. The summed E-state index contributed by atoms with van der Waals surface area (Å²) in [6.45, 7) is 2.82. The molecule has 1 aliphatic carbocycles. The second kappa shape index (κ2) is 8.37. The molecule has 0 radical (unpaired) electrons. The van der Waals surface area contributed by atoms with E-state index in [4.69, 9.17) is 14.2 Å². The van der Waals surface area contributed by atoms with Crippen LogP contribution in [0.3, 0.4) is 0 Å². The third-order valence-corrected chi connectivity index (χ3v) is 3.98. The van der Waals surface area contributed by atoms with Crippen molar-refractivity contribution < 1.29 is 19.3 Å². The van der Waals surface area contributed by atoms with E-state index in [0.717, 1.165) is 37.0 Å². The molecule has 2 rings (SSSR count). The molecule has 0 aromatic heterocycles. The molecule has 1 aliphatic rings. The summed E-state index contributed by atoms with van der Waals surface area (Å²) in [6, 6.07) is 7.58. The molecule has 3 atom stereocenters. The number of ether oxygens (including phenoxy) is 3. The van der Waals surface area contributed by atoms with Gasteiger partial charge in [0.05, 0.1) is 25.4 Å². The SMILES string of the molecule is CCOc1ccccc1C(O)COC1CCCC(OC)C1. The average molecular weight is 294 g/mol. The molecule has 4 nitrogen and oxygen atoms in total. The number of para-hydroxylation sites is 1. The molecule has 0 bridgehead atoms. The van der Waals surface area contributed by atoms with Gasteiger partial charge in [-0.3, -0.25) is 0 Å². The van der Waals surface area contributed by atoms with Crippen LogP contribution in [-0.2, 0) is 9.47 Å². The monoisotopic (exact) mass is 294 g/mol. The molecule has 1 fully saturated rings. The smallest absolute Gasteiger partial charge is 0.125 e. The lowest BCUT2D eigenvalue weighted by Gasteiger charge is -2.29. The van der Waals surface area contributed by atoms with Crippen LogP contribution in [0.1, 0.15) is 44.3 Å². The number of benzene rings is 1. The summed E-state index contributed by atoms with van der Waals surface area (Å²) in [4.78, 5) is 0. The van der Waals surface area contributed by atoms with E-state index < -0.39 is 6.10 Å². The van der Waals surface area contributed by atoms with Gasteiger partial charge in [0.2, 0.25) is 0 Å². The van der Waals surface area contributed by atoms with Gasteiger partial charge in [-0.25, -0.2) is 0 Å². The second-order valence-corrected chi connectivity index (χ2v) is 5.47. The maximum absolute atomic E-state index is 10.3. The number of methoxy groups -OCH3 is 1. The van der Waals surface area contributed by atoms with Crippen molar-refractivity contribution in [3.8, 4) is 5.75 Å². The summed E-state index contributed by atoms with van der Waals surface area (Å²) in [5.41, 5.74) is 0.790. The number of rotatable bonds is 7. The summed E-state index contributed by atoms with van der Waals surface area (Å²) >= 11 is 0. The van der Waals surface area contributed by atoms with Crippen molar-refractivity contribution in [3.63, 3.8) is 0 Å². The molecular formula is C17H26O4. The fourth-order valence-corrected chi connectivity index (χ4v) is 2.83. The first-order valence-corrected chi connectivity index (χ1v) is 7.78. The van der Waals surface area contributed by atoms with Crippen LogP contribution in [0.5, 0.6) is 5.75 Å². The van der Waals surface area contributed by atoms with Gasteiger partial charge in [-0.05, 0) is 38.7 Å². The topological polar surface area (TPSA) is 47.9 Å². The molecule has 3 unspecified atom stereocenters. The van der Waals surface area contributed by atoms with E-state index in [9.17, 15) is 5.11 Å². The number of aliphatic hydroxyl groups excluding tert-OH is 1. The van der Waals surface area contributed by atoms with Crippen molar-refractivity contribution in [1.29, 1.82) is 0 Å². The van der Waals surface area contributed by atoms with E-state index >= 15 is 0 Å². The van der Waals surface area contributed by atoms with Crippen LogP contribution in [0.2, 0.25) is 0 Å². The summed E-state index contributed by atoms with van der Waals surface area (Å²) in [7, 11) is 1.75. The summed E-state index contributed by atoms with van der Waals surface area (Å²) in [5, 5.41) is 10.3. The highest BCUT2D eigenvalue weighted by atomic mass is 16.5. The zero-order valence-electron chi connectivity index (χ0n) is 13.0. The van der Waals surface area contributed by atoms with E-state index in [1.165, 1.54) is 0 Å². The largest absolute Gasteiger partial charge is 0.493 e. The van der Waals surface area contributed by atoms with Gasteiger partial charge in [0.15, 0.2) is 0 Å². The predicted octanol–water partition coefficient (Wildman–Crippen LogP) is 3.09. The van der Waals surface area contributed by atoms with Gasteiger partial charge in [-0.2, -0.15) is 0 Å². The van der Waals surface area contributed by atoms with Crippen molar-refractivity contribution in [2.75, 3.05) is 20.3 Å². The molecule has 0 saturated heterocycles. The first kappa shape index (κ1) is 16.3. The van der Waals surface area contributed by atoms with Crippen molar-refractivity contribution in [3.05, 3.63) is 29.8 Å². The molecule has 1 aromatic carbocycles. The van der Waals surface area contributed by atoms with Crippen LogP contribution < -0.4 is 4.74 Å². The summed E-state index contributed by atoms with van der Waals surface area (Å²) in [6.07, 6.45) is 3.99. The minimum Gasteiger partial charge on any atom is -0.493 e. The van der Waals surface area contributed by atoms with E-state index in [2.05, 4.69) is 0 Å². The average Bonchev–Trinajstić information content (AvgIpc) is 2.53. The second-order valence-electron chi connectivity index (χ2n) is 5.47. The molecule has 0 aliphatic heterocycles. The first-order chi connectivity index (χ1) is 10.2. The normalized spacial score (nSPS) is 23.8. The Bertz CT molecular complexity index is 421. The molecule has 118 valence electrons. The van der Waals surface area contributed by atoms with E-state index in [1.807, 2.05) is 31.2 Å². The molecule has 1 saturated carbocycles. The fourth-order valence-electron chi connectivity index (χ4n) is 2.83. The van der Waals surface area contributed by atoms with Crippen LogP contribution in [0.25, 0.3) is 0 Å². The fraction of sp³-hybridized carbons (Fsp3) is 0.647. The van der Waals surface area contributed by atoms with Gasteiger partial charge < -0.3 is 19.3 Å². The van der Waals surface area contributed by atoms with E-state index in [1.54, 1.807) is 7.11 Å². The molecule has 4 heteroatoms. The molecule has 0 heterocycles. The van der Waals surface area contributed by atoms with Crippen LogP contribution in [0.4, 0.5) is 0 Å². The lowest BCUT2D eigenvalue weighted by Crippen LogP contribution is -2.28. The Kier molecular flexibility index (Phi) is 6.49. The maximum Gasteiger partial charge on any atom is 0.125 e. The standard InChI is InChI=1S/C17H26O4/c1-3-20-17-10-5-4-9-15(17)16(18)12-21-14-8-6-7-13(11-14)19-2/h4-5,9-10,13-14,16,18H,3,6-8,11-12H2,1-2H3. The van der Waals surface area contributed by atoms with Gasteiger partial charge in [0.1, 0.15) is 11.9 Å². The Balaban J connectivity index is 1.88. The van der Waals surface area contributed by atoms with Gasteiger partial charge in [0.25, 0.3) is 0 Å². The highest BCUT2D eigenvalue weighted by molar-refractivity contribution is 5.35. The Morgan fingerprint density at radius 1 is 1.24 bits per heavy atom. The molecule has 1 N–H and O–H groups in total. The van der Waals surface area contributed by atoms with Crippen molar-refractivity contribution in [1.82, 2.24) is 0 Å². The van der Waals surface area contributed by atoms with Gasteiger partial charge in [-0.15, -0.1) is 0 Å². The Morgan fingerprint density at radius 3 is 2.76 bits per heavy atom. The van der Waals surface area contributed by atoms with E-state index in [-0.39, 0.29) is 12.2 Å². The van der Waals surface area contributed by atoms with Gasteiger partial charge in [0, 0.05) is 12.7 Å². The number of aliphatic hydroxyl groups is 1. The molecule has 21 heavy (non-hydrogen) atoms. The Labute approximate surface area is 127 Å². The lowest BCUT2D eigenvalue weighted by molar-refractivity contribution is -0.0573. The summed E-state index contributed by atoms with van der Waals surface area (Å²) < 4.78 is 16.8. The molecule has 0 amide bonds. The van der Waals surface area contributed by atoms with Crippen LogP contribution in [0.15, 0.2) is 24.3 Å². The van der Waals surface area contributed by atoms with Crippen LogP contribution >= 0.6 is 0 Å². The minimum absolute atomic E-state index is 0.178. The van der Waals surface area contributed by atoms with Crippen LogP contribution in [0, 0.1) is 0 Å². The van der Waals surface area contributed by atoms with Gasteiger partial charge >= 0.3 is 0 Å².